The summed E-state index contributed by atoms with van der Waals surface area (Å²) >= 11 is 3.35. The first-order valence-electron chi connectivity index (χ1n) is 6.08. The molecule has 0 aliphatic heterocycles. The molecule has 1 aliphatic rings. The number of halogens is 1. The molecular weight excluding hydrogens is 310 g/mol. The Balaban J connectivity index is 2.52. The van der Waals surface area contributed by atoms with Crippen LogP contribution in [-0.2, 0) is 0 Å². The van der Waals surface area contributed by atoms with Gasteiger partial charge in [0.05, 0.1) is 5.52 Å². The molecule has 0 unspecified atom stereocenters. The number of aromatic carboxylic acids is 1. The second-order valence-corrected chi connectivity index (χ2v) is 5.79. The molecule has 1 heterocycles. The molecule has 4 nitrogen and oxygen atoms in total. The number of hydrogen-bond donors (Lipinski definition) is 1. The molecule has 2 aromatic rings. The lowest BCUT2D eigenvalue weighted by Crippen LogP contribution is -2.21. The lowest BCUT2D eigenvalue weighted by atomic mass is 10.1. The first-order chi connectivity index (χ1) is 9.00. The van der Waals surface area contributed by atoms with Crippen LogP contribution >= 0.6 is 15.9 Å². The molecule has 1 aliphatic carbocycles. The van der Waals surface area contributed by atoms with Gasteiger partial charge in [-0.1, -0.05) is 15.9 Å². The van der Waals surface area contributed by atoms with E-state index in [1.165, 1.54) is 0 Å². The summed E-state index contributed by atoms with van der Waals surface area (Å²) in [5.41, 5.74) is 0.941. The normalized spacial score (nSPS) is 14.8. The Morgan fingerprint density at radius 2 is 2.11 bits per heavy atom. The van der Waals surface area contributed by atoms with Gasteiger partial charge in [0.1, 0.15) is 5.69 Å². The third-order valence-corrected chi connectivity index (χ3v) is 4.01. The number of benzene rings is 1. The van der Waals surface area contributed by atoms with Gasteiger partial charge in [-0.2, -0.15) is 0 Å². The van der Waals surface area contributed by atoms with E-state index in [9.17, 15) is 14.7 Å². The summed E-state index contributed by atoms with van der Waals surface area (Å²) in [6, 6.07) is 5.61. The Bertz CT molecular complexity index is 759. The van der Waals surface area contributed by atoms with E-state index in [2.05, 4.69) is 15.9 Å². The zero-order valence-electron chi connectivity index (χ0n) is 10.3. The van der Waals surface area contributed by atoms with Crippen molar-refractivity contribution in [3.05, 3.63) is 44.2 Å². The summed E-state index contributed by atoms with van der Waals surface area (Å²) in [4.78, 5) is 23.8. The maximum atomic E-state index is 12.3. The first-order valence-corrected chi connectivity index (χ1v) is 6.87. The Labute approximate surface area is 117 Å². The summed E-state index contributed by atoms with van der Waals surface area (Å²) in [6.45, 7) is 1.59. The lowest BCUT2D eigenvalue weighted by molar-refractivity contribution is 0.0683. The summed E-state index contributed by atoms with van der Waals surface area (Å²) in [5, 5.41) is 9.97. The first kappa shape index (κ1) is 12.4. The zero-order chi connectivity index (χ0) is 13.7. The van der Waals surface area contributed by atoms with Crippen LogP contribution in [0.15, 0.2) is 27.5 Å². The fourth-order valence-corrected chi connectivity index (χ4v) is 2.85. The van der Waals surface area contributed by atoms with Gasteiger partial charge < -0.3 is 9.67 Å². The highest BCUT2D eigenvalue weighted by Crippen LogP contribution is 2.38. The van der Waals surface area contributed by atoms with Gasteiger partial charge in [0, 0.05) is 21.5 Å². The topological polar surface area (TPSA) is 59.3 Å². The molecule has 0 spiro atoms. The van der Waals surface area contributed by atoms with Gasteiger partial charge in [-0.25, -0.2) is 4.79 Å². The summed E-state index contributed by atoms with van der Waals surface area (Å²) in [5.74, 6) is -1.04. The van der Waals surface area contributed by atoms with E-state index in [-0.39, 0.29) is 17.2 Å². The molecule has 1 N–H and O–H groups in total. The monoisotopic (exact) mass is 321 g/mol. The van der Waals surface area contributed by atoms with Gasteiger partial charge in [0.2, 0.25) is 0 Å². The fraction of sp³-hybridized carbons (Fsp3) is 0.286. The molecule has 1 fully saturated rings. The Morgan fingerprint density at radius 3 is 2.68 bits per heavy atom. The molecular formula is C14H12BrNO3. The van der Waals surface area contributed by atoms with Crippen molar-refractivity contribution >= 4 is 32.8 Å². The molecule has 0 amide bonds. The van der Waals surface area contributed by atoms with Crippen molar-refractivity contribution in [3.8, 4) is 0 Å². The van der Waals surface area contributed by atoms with Crippen LogP contribution in [0.25, 0.3) is 10.9 Å². The zero-order valence-corrected chi connectivity index (χ0v) is 11.9. The summed E-state index contributed by atoms with van der Waals surface area (Å²) in [6.07, 6.45) is 1.93. The molecule has 5 heteroatoms. The smallest absolute Gasteiger partial charge is 0.352 e. The number of nitrogens with zero attached hydrogens (tertiary/aromatic N) is 1. The largest absolute Gasteiger partial charge is 0.477 e. The maximum absolute atomic E-state index is 12.3. The van der Waals surface area contributed by atoms with Gasteiger partial charge in [0.25, 0.3) is 0 Å². The minimum Gasteiger partial charge on any atom is -0.477 e. The van der Waals surface area contributed by atoms with Gasteiger partial charge >= 0.3 is 5.97 Å². The van der Waals surface area contributed by atoms with Gasteiger partial charge in [-0.15, -0.1) is 0 Å². The highest BCUT2D eigenvalue weighted by molar-refractivity contribution is 9.10. The number of carboxylic acids is 1. The van der Waals surface area contributed by atoms with Crippen molar-refractivity contribution in [2.75, 3.05) is 0 Å². The second-order valence-electron chi connectivity index (χ2n) is 4.87. The SMILES string of the molecule is Cc1c(C(=O)O)n(C2CC2)c2ccc(Br)cc2c1=O. The number of carboxylic acid groups (broad SMARTS) is 1. The number of aromatic nitrogens is 1. The van der Waals surface area contributed by atoms with Crippen molar-refractivity contribution in [1.82, 2.24) is 4.57 Å². The van der Waals surface area contributed by atoms with Crippen molar-refractivity contribution in [3.63, 3.8) is 0 Å². The van der Waals surface area contributed by atoms with Crippen LogP contribution in [0, 0.1) is 6.92 Å². The van der Waals surface area contributed by atoms with Crippen LogP contribution in [0.5, 0.6) is 0 Å². The van der Waals surface area contributed by atoms with E-state index in [4.69, 9.17) is 0 Å². The standard InChI is InChI=1S/C14H12BrNO3/c1-7-12(14(18)19)16(9-3-4-9)11-5-2-8(15)6-10(11)13(7)17/h2,5-6,9H,3-4H2,1H3,(H,18,19). The predicted octanol–water partition coefficient (Wildman–Crippen LogP) is 3.11. The number of carbonyl (C=O) groups is 1. The lowest BCUT2D eigenvalue weighted by Gasteiger charge is -2.16. The van der Waals surface area contributed by atoms with Crippen LogP contribution < -0.4 is 5.43 Å². The number of fused-ring (bicyclic) bond motifs is 1. The van der Waals surface area contributed by atoms with Crippen LogP contribution in [0.1, 0.15) is 34.9 Å². The van der Waals surface area contributed by atoms with Gasteiger partial charge in [0.15, 0.2) is 5.43 Å². The summed E-state index contributed by atoms with van der Waals surface area (Å²) in [7, 11) is 0. The highest BCUT2D eigenvalue weighted by atomic mass is 79.9. The molecule has 3 rings (SSSR count). The van der Waals surface area contributed by atoms with Crippen LogP contribution in [-0.4, -0.2) is 15.6 Å². The predicted molar refractivity (Wildman–Crippen MR) is 75.9 cm³/mol. The Hall–Kier alpha value is -1.62. The Kier molecular flexibility index (Phi) is 2.74. The molecule has 1 aromatic carbocycles. The van der Waals surface area contributed by atoms with E-state index in [0.29, 0.717) is 16.5 Å². The quantitative estimate of drug-likeness (QED) is 0.924. The van der Waals surface area contributed by atoms with E-state index >= 15 is 0 Å². The average Bonchev–Trinajstić information content (AvgIpc) is 3.17. The van der Waals surface area contributed by atoms with Crippen LogP contribution in [0.4, 0.5) is 0 Å². The van der Waals surface area contributed by atoms with Gasteiger partial charge in [-0.05, 0) is 38.0 Å². The van der Waals surface area contributed by atoms with Crippen molar-refractivity contribution < 1.29 is 9.90 Å². The summed E-state index contributed by atoms with van der Waals surface area (Å²) < 4.78 is 2.63. The minimum absolute atomic E-state index is 0.127. The Morgan fingerprint density at radius 1 is 1.42 bits per heavy atom. The number of pyridine rings is 1. The third kappa shape index (κ3) is 1.89. The molecule has 1 aromatic heterocycles. The van der Waals surface area contributed by atoms with Crippen LogP contribution in [0.2, 0.25) is 0 Å². The number of rotatable bonds is 2. The molecule has 0 saturated heterocycles. The molecule has 19 heavy (non-hydrogen) atoms. The number of hydrogen-bond acceptors (Lipinski definition) is 2. The maximum Gasteiger partial charge on any atom is 0.352 e. The molecule has 1 saturated carbocycles. The average molecular weight is 322 g/mol. The molecule has 0 bridgehead atoms. The van der Waals surface area contributed by atoms with E-state index in [1.807, 2.05) is 12.1 Å². The minimum atomic E-state index is -1.04. The van der Waals surface area contributed by atoms with Crippen molar-refractivity contribution in [2.45, 2.75) is 25.8 Å². The molecule has 0 radical (unpaired) electrons. The highest BCUT2D eigenvalue weighted by Gasteiger charge is 2.30. The second kappa shape index (κ2) is 4.20. The fourth-order valence-electron chi connectivity index (χ4n) is 2.49. The van der Waals surface area contributed by atoms with E-state index in [0.717, 1.165) is 17.3 Å². The van der Waals surface area contributed by atoms with Crippen molar-refractivity contribution in [2.24, 2.45) is 0 Å². The van der Waals surface area contributed by atoms with E-state index < -0.39 is 5.97 Å². The third-order valence-electron chi connectivity index (χ3n) is 3.51. The molecule has 0 atom stereocenters. The van der Waals surface area contributed by atoms with E-state index in [1.54, 1.807) is 17.6 Å². The van der Waals surface area contributed by atoms with Crippen LogP contribution in [0.3, 0.4) is 0 Å². The van der Waals surface area contributed by atoms with Crippen molar-refractivity contribution in [1.29, 1.82) is 0 Å². The van der Waals surface area contributed by atoms with Gasteiger partial charge in [-0.3, -0.25) is 4.79 Å². The molecule has 98 valence electrons.